The predicted octanol–water partition coefficient (Wildman–Crippen LogP) is 3.30. The van der Waals surface area contributed by atoms with Crippen molar-refractivity contribution < 1.29 is 9.13 Å². The van der Waals surface area contributed by atoms with E-state index in [4.69, 9.17) is 15.7 Å². The highest BCUT2D eigenvalue weighted by molar-refractivity contribution is 5.34. The number of hydrogen-bond donors (Lipinski definition) is 1. The summed E-state index contributed by atoms with van der Waals surface area (Å²) in [6, 6.07) is 13.7. The van der Waals surface area contributed by atoms with Crippen LogP contribution in [0.5, 0.6) is 5.75 Å². The predicted molar refractivity (Wildman–Crippen MR) is 74.5 cm³/mol. The molecule has 4 heteroatoms. The van der Waals surface area contributed by atoms with E-state index in [1.807, 2.05) is 37.3 Å². The lowest BCUT2D eigenvalue weighted by Crippen LogP contribution is -2.04. The third-order valence-electron chi connectivity index (χ3n) is 2.96. The van der Waals surface area contributed by atoms with E-state index in [1.165, 1.54) is 12.1 Å². The van der Waals surface area contributed by atoms with Crippen LogP contribution < -0.4 is 10.5 Å². The van der Waals surface area contributed by atoms with Crippen molar-refractivity contribution in [3.63, 3.8) is 0 Å². The first-order chi connectivity index (χ1) is 9.60. The van der Waals surface area contributed by atoms with Crippen LogP contribution in [0.15, 0.2) is 42.5 Å². The zero-order chi connectivity index (χ0) is 14.5. The number of nitrogens with zero attached hydrogens (tertiary/aromatic N) is 1. The van der Waals surface area contributed by atoms with Gasteiger partial charge >= 0.3 is 0 Å². The summed E-state index contributed by atoms with van der Waals surface area (Å²) in [4.78, 5) is 0. The number of hydrogen-bond acceptors (Lipinski definition) is 3. The minimum Gasteiger partial charge on any atom is -0.489 e. The van der Waals surface area contributed by atoms with Crippen molar-refractivity contribution in [2.24, 2.45) is 5.73 Å². The minimum atomic E-state index is -0.516. The fourth-order valence-corrected chi connectivity index (χ4v) is 1.78. The quantitative estimate of drug-likeness (QED) is 0.927. The average Bonchev–Trinajstić information content (AvgIpc) is 2.46. The second kappa shape index (κ2) is 6.18. The van der Waals surface area contributed by atoms with Gasteiger partial charge in [-0.05, 0) is 42.3 Å². The maximum Gasteiger partial charge on any atom is 0.140 e. The molecule has 2 aromatic rings. The Kier molecular flexibility index (Phi) is 4.34. The summed E-state index contributed by atoms with van der Waals surface area (Å²) in [6.45, 7) is 2.20. The molecule has 2 rings (SSSR count). The van der Waals surface area contributed by atoms with Crippen LogP contribution >= 0.6 is 0 Å². The first-order valence-corrected chi connectivity index (χ1v) is 6.27. The third kappa shape index (κ3) is 3.34. The number of ether oxygens (including phenoxy) is 1. The van der Waals surface area contributed by atoms with Crippen LogP contribution in [0, 0.1) is 17.1 Å². The highest BCUT2D eigenvalue weighted by Gasteiger charge is 2.04. The lowest BCUT2D eigenvalue weighted by Gasteiger charge is -2.09. The number of nitriles is 1. The van der Waals surface area contributed by atoms with E-state index in [0.717, 1.165) is 11.1 Å². The maximum absolute atomic E-state index is 13.2. The summed E-state index contributed by atoms with van der Waals surface area (Å²) in [5.41, 5.74) is 7.58. The van der Waals surface area contributed by atoms with Gasteiger partial charge in [0.05, 0.1) is 5.56 Å². The molecule has 0 aliphatic heterocycles. The van der Waals surface area contributed by atoms with E-state index in [-0.39, 0.29) is 18.2 Å². The van der Waals surface area contributed by atoms with Crippen molar-refractivity contribution >= 4 is 0 Å². The maximum atomic E-state index is 13.2. The van der Waals surface area contributed by atoms with E-state index in [9.17, 15) is 4.39 Å². The summed E-state index contributed by atoms with van der Waals surface area (Å²) in [7, 11) is 0. The zero-order valence-electron chi connectivity index (χ0n) is 11.1. The van der Waals surface area contributed by atoms with Crippen molar-refractivity contribution in [1.29, 1.82) is 5.26 Å². The molecule has 3 nitrogen and oxygen atoms in total. The van der Waals surface area contributed by atoms with E-state index >= 15 is 0 Å². The SMILES string of the molecule is C[C@H](N)c1ccc(OCc2ccc(F)c(C#N)c2)cc1. The summed E-state index contributed by atoms with van der Waals surface area (Å²) in [6.07, 6.45) is 0. The molecule has 102 valence electrons. The third-order valence-corrected chi connectivity index (χ3v) is 2.96. The van der Waals surface area contributed by atoms with Crippen LogP contribution in [0.2, 0.25) is 0 Å². The van der Waals surface area contributed by atoms with E-state index in [2.05, 4.69) is 0 Å². The standard InChI is InChI=1S/C16H15FN2O/c1-11(19)13-3-5-15(6-4-13)20-10-12-2-7-16(17)14(8-12)9-18/h2-8,11H,10,19H2,1H3/t11-/m0/s1. The number of benzene rings is 2. The first-order valence-electron chi connectivity index (χ1n) is 6.27. The Balaban J connectivity index is 2.03. The molecular formula is C16H15FN2O. The molecule has 0 radical (unpaired) electrons. The summed E-state index contributed by atoms with van der Waals surface area (Å²) >= 11 is 0. The van der Waals surface area contributed by atoms with Crippen LogP contribution in [-0.2, 0) is 6.61 Å². The second-order valence-corrected chi connectivity index (χ2v) is 4.57. The molecule has 0 saturated carbocycles. The largest absolute Gasteiger partial charge is 0.489 e. The van der Waals surface area contributed by atoms with Crippen molar-refractivity contribution in [3.05, 3.63) is 65.0 Å². The fourth-order valence-electron chi connectivity index (χ4n) is 1.78. The molecule has 0 bridgehead atoms. The van der Waals surface area contributed by atoms with Crippen LogP contribution in [0.3, 0.4) is 0 Å². The van der Waals surface area contributed by atoms with E-state index < -0.39 is 5.82 Å². The molecule has 2 aromatic carbocycles. The Hall–Kier alpha value is -2.38. The van der Waals surface area contributed by atoms with Crippen LogP contribution in [0.4, 0.5) is 4.39 Å². The van der Waals surface area contributed by atoms with Crippen molar-refractivity contribution in [2.75, 3.05) is 0 Å². The van der Waals surface area contributed by atoms with Gasteiger partial charge < -0.3 is 10.5 Å². The highest BCUT2D eigenvalue weighted by atomic mass is 19.1. The molecule has 0 aromatic heterocycles. The Morgan fingerprint density at radius 1 is 1.25 bits per heavy atom. The van der Waals surface area contributed by atoms with Crippen LogP contribution in [0.25, 0.3) is 0 Å². The molecule has 1 atom stereocenters. The number of halogens is 1. The molecule has 0 saturated heterocycles. The van der Waals surface area contributed by atoms with Gasteiger partial charge in [0.2, 0.25) is 0 Å². The van der Waals surface area contributed by atoms with Crippen molar-refractivity contribution in [2.45, 2.75) is 19.6 Å². The Labute approximate surface area is 117 Å². The van der Waals surface area contributed by atoms with E-state index in [0.29, 0.717) is 5.75 Å². The van der Waals surface area contributed by atoms with Gasteiger partial charge in [0.25, 0.3) is 0 Å². The summed E-state index contributed by atoms with van der Waals surface area (Å²) < 4.78 is 18.8. The summed E-state index contributed by atoms with van der Waals surface area (Å²) in [5, 5.41) is 8.77. The molecule has 2 N–H and O–H groups in total. The second-order valence-electron chi connectivity index (χ2n) is 4.57. The molecule has 0 heterocycles. The monoisotopic (exact) mass is 270 g/mol. The molecule has 0 fully saturated rings. The van der Waals surface area contributed by atoms with Crippen LogP contribution in [0.1, 0.15) is 29.7 Å². The number of nitrogens with two attached hydrogens (primary N) is 1. The molecule has 0 aliphatic carbocycles. The normalized spacial score (nSPS) is 11.7. The Morgan fingerprint density at radius 2 is 1.95 bits per heavy atom. The van der Waals surface area contributed by atoms with Gasteiger partial charge in [0.1, 0.15) is 24.2 Å². The lowest BCUT2D eigenvalue weighted by molar-refractivity contribution is 0.306. The van der Waals surface area contributed by atoms with Gasteiger partial charge in [-0.3, -0.25) is 0 Å². The molecule has 0 unspecified atom stereocenters. The smallest absolute Gasteiger partial charge is 0.140 e. The number of rotatable bonds is 4. The van der Waals surface area contributed by atoms with Crippen LogP contribution in [-0.4, -0.2) is 0 Å². The molecule has 0 amide bonds. The van der Waals surface area contributed by atoms with E-state index in [1.54, 1.807) is 6.07 Å². The molecular weight excluding hydrogens is 255 g/mol. The van der Waals surface area contributed by atoms with Crippen molar-refractivity contribution in [1.82, 2.24) is 0 Å². The fraction of sp³-hybridized carbons (Fsp3) is 0.188. The molecule has 0 spiro atoms. The van der Waals surface area contributed by atoms with Gasteiger partial charge in [-0.15, -0.1) is 0 Å². The first kappa shape index (κ1) is 14.0. The zero-order valence-corrected chi connectivity index (χ0v) is 11.1. The topological polar surface area (TPSA) is 59.0 Å². The van der Waals surface area contributed by atoms with Gasteiger partial charge in [-0.25, -0.2) is 4.39 Å². The van der Waals surface area contributed by atoms with Gasteiger partial charge in [-0.1, -0.05) is 18.2 Å². The van der Waals surface area contributed by atoms with Gasteiger partial charge in [-0.2, -0.15) is 5.26 Å². The van der Waals surface area contributed by atoms with Gasteiger partial charge in [0, 0.05) is 6.04 Å². The molecule has 20 heavy (non-hydrogen) atoms. The average molecular weight is 270 g/mol. The lowest BCUT2D eigenvalue weighted by atomic mass is 10.1. The summed E-state index contributed by atoms with van der Waals surface area (Å²) in [5.74, 6) is 0.190. The van der Waals surface area contributed by atoms with Gasteiger partial charge in [0.15, 0.2) is 0 Å². The molecule has 0 aliphatic rings. The Morgan fingerprint density at radius 3 is 2.55 bits per heavy atom. The minimum absolute atomic E-state index is 0.0145. The van der Waals surface area contributed by atoms with Crippen molar-refractivity contribution in [3.8, 4) is 11.8 Å². The Bertz CT molecular complexity index is 630. The highest BCUT2D eigenvalue weighted by Crippen LogP contribution is 2.18.